The van der Waals surface area contributed by atoms with E-state index < -0.39 is 5.97 Å². The van der Waals surface area contributed by atoms with Gasteiger partial charge in [-0.15, -0.1) is 0 Å². The van der Waals surface area contributed by atoms with Gasteiger partial charge in [-0.3, -0.25) is 4.79 Å². The van der Waals surface area contributed by atoms with Gasteiger partial charge in [0.25, 0.3) is 0 Å². The Balaban J connectivity index is 1.74. The van der Waals surface area contributed by atoms with Gasteiger partial charge in [0.1, 0.15) is 5.75 Å². The molecular weight excluding hydrogens is 394 g/mol. The quantitative estimate of drug-likeness (QED) is 0.361. The molecule has 31 heavy (non-hydrogen) atoms. The number of hydrazone groups is 1. The Kier molecular flexibility index (Phi) is 6.87. The lowest BCUT2D eigenvalue weighted by Gasteiger charge is -2.13. The van der Waals surface area contributed by atoms with Crippen molar-refractivity contribution in [3.05, 3.63) is 82.7 Å². The van der Waals surface area contributed by atoms with E-state index in [9.17, 15) is 9.59 Å². The Bertz CT molecular complexity index is 1110. The molecule has 7 nitrogen and oxygen atoms in total. The molecule has 3 aromatic rings. The molecule has 7 heteroatoms. The second-order valence-corrected chi connectivity index (χ2v) is 6.99. The van der Waals surface area contributed by atoms with Crippen LogP contribution in [0.4, 0.5) is 0 Å². The van der Waals surface area contributed by atoms with E-state index in [2.05, 4.69) is 10.5 Å². The first kappa shape index (κ1) is 21.8. The molecule has 2 aromatic carbocycles. The van der Waals surface area contributed by atoms with Crippen LogP contribution in [-0.4, -0.2) is 36.9 Å². The van der Waals surface area contributed by atoms with Gasteiger partial charge in [-0.05, 0) is 49.7 Å². The zero-order chi connectivity index (χ0) is 22.4. The molecule has 1 N–H and O–H groups in total. The second-order valence-electron chi connectivity index (χ2n) is 6.99. The number of carbonyl (C=O) groups excluding carboxylic acids is 2. The summed E-state index contributed by atoms with van der Waals surface area (Å²) in [5.74, 6) is 0.127. The number of benzene rings is 2. The maximum absolute atomic E-state index is 12.2. The number of esters is 1. The molecule has 1 amide bonds. The Morgan fingerprint density at radius 2 is 1.77 bits per heavy atom. The molecule has 0 aliphatic rings. The molecule has 0 saturated heterocycles. The maximum atomic E-state index is 12.2. The van der Waals surface area contributed by atoms with Crippen LogP contribution in [0, 0.1) is 13.8 Å². The molecule has 1 aromatic heterocycles. The summed E-state index contributed by atoms with van der Waals surface area (Å²) in [4.78, 5) is 24.3. The summed E-state index contributed by atoms with van der Waals surface area (Å²) in [5, 5.41) is 4.10. The number of rotatable bonds is 7. The maximum Gasteiger partial charge on any atom is 0.339 e. The predicted molar refractivity (Wildman–Crippen MR) is 119 cm³/mol. The van der Waals surface area contributed by atoms with Gasteiger partial charge in [-0.1, -0.05) is 24.3 Å². The lowest BCUT2D eigenvalue weighted by molar-refractivity contribution is -0.120. The minimum Gasteiger partial charge on any atom is -0.497 e. The first-order chi connectivity index (χ1) is 14.9. The lowest BCUT2D eigenvalue weighted by Crippen LogP contribution is -2.19. The van der Waals surface area contributed by atoms with E-state index in [-0.39, 0.29) is 12.3 Å². The highest BCUT2D eigenvalue weighted by atomic mass is 16.5. The van der Waals surface area contributed by atoms with Gasteiger partial charge in [-0.2, -0.15) is 5.10 Å². The number of aryl methyl sites for hydroxylation is 1. The second kappa shape index (κ2) is 9.75. The summed E-state index contributed by atoms with van der Waals surface area (Å²) < 4.78 is 12.0. The highest BCUT2D eigenvalue weighted by molar-refractivity contribution is 5.94. The standard InChI is InChI=1S/C24H25N3O4/c1-16-13-19(15-25-26-23(28)14-18-9-11-20(30-3)12-10-18)17(2)27(16)22-8-6-5-7-21(22)24(29)31-4/h5-13,15H,14H2,1-4H3,(H,26,28)/b25-15-. The van der Waals surface area contributed by atoms with Gasteiger partial charge < -0.3 is 14.0 Å². The number of nitrogens with one attached hydrogen (secondary N) is 1. The zero-order valence-electron chi connectivity index (χ0n) is 18.0. The van der Waals surface area contributed by atoms with Crippen LogP contribution >= 0.6 is 0 Å². The van der Waals surface area contributed by atoms with E-state index >= 15 is 0 Å². The number of hydrogen-bond donors (Lipinski definition) is 1. The fourth-order valence-corrected chi connectivity index (χ4v) is 3.38. The summed E-state index contributed by atoms with van der Waals surface area (Å²) in [5.41, 5.74) is 7.29. The lowest BCUT2D eigenvalue weighted by atomic mass is 10.1. The van der Waals surface area contributed by atoms with Gasteiger partial charge in [0.2, 0.25) is 5.91 Å². The van der Waals surface area contributed by atoms with E-state index in [0.29, 0.717) is 5.56 Å². The van der Waals surface area contributed by atoms with Gasteiger partial charge in [0, 0.05) is 17.0 Å². The van der Waals surface area contributed by atoms with Crippen LogP contribution in [0.25, 0.3) is 5.69 Å². The van der Waals surface area contributed by atoms with E-state index in [1.165, 1.54) is 7.11 Å². The first-order valence-corrected chi connectivity index (χ1v) is 9.76. The van der Waals surface area contributed by atoms with Gasteiger partial charge in [-0.25, -0.2) is 10.2 Å². The average Bonchev–Trinajstić information content (AvgIpc) is 3.06. The fourth-order valence-electron chi connectivity index (χ4n) is 3.38. The van der Waals surface area contributed by atoms with Crippen molar-refractivity contribution in [1.29, 1.82) is 0 Å². The van der Waals surface area contributed by atoms with Crippen molar-refractivity contribution >= 4 is 18.1 Å². The number of aromatic nitrogens is 1. The van der Waals surface area contributed by atoms with Crippen LogP contribution in [0.2, 0.25) is 0 Å². The van der Waals surface area contributed by atoms with Gasteiger partial charge in [0.05, 0.1) is 38.1 Å². The number of carbonyl (C=O) groups is 2. The normalized spacial score (nSPS) is 10.8. The SMILES string of the molecule is COC(=O)c1ccccc1-n1c(C)cc(/C=N\NC(=O)Cc2ccc(OC)cc2)c1C. The number of hydrogen-bond acceptors (Lipinski definition) is 5. The summed E-state index contributed by atoms with van der Waals surface area (Å²) in [6, 6.07) is 16.5. The monoisotopic (exact) mass is 419 g/mol. The van der Waals surface area contributed by atoms with E-state index in [4.69, 9.17) is 9.47 Å². The van der Waals surface area contributed by atoms with Crippen molar-refractivity contribution in [2.75, 3.05) is 14.2 Å². The number of amides is 1. The van der Waals surface area contributed by atoms with Crippen molar-refractivity contribution in [2.24, 2.45) is 5.10 Å². The van der Waals surface area contributed by atoms with Crippen LogP contribution in [0.1, 0.15) is 32.9 Å². The highest BCUT2D eigenvalue weighted by Gasteiger charge is 2.17. The van der Waals surface area contributed by atoms with Crippen molar-refractivity contribution in [3.8, 4) is 11.4 Å². The summed E-state index contributed by atoms with van der Waals surface area (Å²) >= 11 is 0. The molecule has 0 aliphatic heterocycles. The molecule has 0 atom stereocenters. The number of para-hydroxylation sites is 1. The third kappa shape index (κ3) is 5.01. The fraction of sp³-hybridized carbons (Fsp3) is 0.208. The van der Waals surface area contributed by atoms with Crippen molar-refractivity contribution < 1.29 is 19.1 Å². The van der Waals surface area contributed by atoms with E-state index in [1.807, 2.05) is 60.9 Å². The molecule has 0 radical (unpaired) electrons. The molecule has 3 rings (SSSR count). The Morgan fingerprint density at radius 3 is 2.45 bits per heavy atom. The van der Waals surface area contributed by atoms with Crippen LogP contribution < -0.4 is 10.2 Å². The zero-order valence-corrected chi connectivity index (χ0v) is 18.0. The molecule has 0 saturated carbocycles. The third-order valence-electron chi connectivity index (χ3n) is 4.94. The van der Waals surface area contributed by atoms with Gasteiger partial charge >= 0.3 is 5.97 Å². The summed E-state index contributed by atoms with van der Waals surface area (Å²) in [6.07, 6.45) is 1.82. The number of ether oxygens (including phenoxy) is 2. The number of methoxy groups -OCH3 is 2. The predicted octanol–water partition coefficient (Wildman–Crippen LogP) is 3.58. The Labute approximate surface area is 181 Å². The molecule has 160 valence electrons. The largest absolute Gasteiger partial charge is 0.497 e. The third-order valence-corrected chi connectivity index (χ3v) is 4.94. The number of nitrogens with zero attached hydrogens (tertiary/aromatic N) is 2. The molecule has 0 unspecified atom stereocenters. The molecule has 0 fully saturated rings. The van der Waals surface area contributed by atoms with Crippen molar-refractivity contribution in [2.45, 2.75) is 20.3 Å². The molecular formula is C24H25N3O4. The minimum absolute atomic E-state index is 0.215. The molecule has 0 spiro atoms. The highest BCUT2D eigenvalue weighted by Crippen LogP contribution is 2.23. The molecule has 1 heterocycles. The topological polar surface area (TPSA) is 81.9 Å². The van der Waals surface area contributed by atoms with Crippen molar-refractivity contribution in [1.82, 2.24) is 9.99 Å². The van der Waals surface area contributed by atoms with Crippen LogP contribution in [0.15, 0.2) is 59.7 Å². The Hall–Kier alpha value is -3.87. The summed E-state index contributed by atoms with van der Waals surface area (Å²) in [6.45, 7) is 3.88. The van der Waals surface area contributed by atoms with Crippen LogP contribution in [-0.2, 0) is 16.0 Å². The van der Waals surface area contributed by atoms with Crippen LogP contribution in [0.3, 0.4) is 0 Å². The summed E-state index contributed by atoms with van der Waals surface area (Å²) in [7, 11) is 2.96. The van der Waals surface area contributed by atoms with E-state index in [0.717, 1.165) is 34.0 Å². The first-order valence-electron chi connectivity index (χ1n) is 9.76. The average molecular weight is 419 g/mol. The van der Waals surface area contributed by atoms with Crippen molar-refractivity contribution in [3.63, 3.8) is 0 Å². The minimum atomic E-state index is -0.399. The Morgan fingerprint density at radius 1 is 1.06 bits per heavy atom. The van der Waals surface area contributed by atoms with Crippen LogP contribution in [0.5, 0.6) is 5.75 Å². The van der Waals surface area contributed by atoms with Gasteiger partial charge in [0.15, 0.2) is 0 Å². The molecule has 0 aliphatic carbocycles. The van der Waals surface area contributed by atoms with E-state index in [1.54, 1.807) is 25.5 Å². The smallest absolute Gasteiger partial charge is 0.339 e. The molecule has 0 bridgehead atoms.